The van der Waals surface area contributed by atoms with Crippen molar-refractivity contribution in [1.29, 1.82) is 5.26 Å². The van der Waals surface area contributed by atoms with E-state index >= 15 is 0 Å². The van der Waals surface area contributed by atoms with E-state index in [-0.39, 0.29) is 5.75 Å². The number of hydrogen-bond acceptors (Lipinski definition) is 5. The molecular formula is C15H12N2O3S. The molecule has 0 aliphatic carbocycles. The van der Waals surface area contributed by atoms with Gasteiger partial charge in [-0.3, -0.25) is 4.79 Å². The Morgan fingerprint density at radius 3 is 2.81 bits per heavy atom. The molecule has 0 saturated heterocycles. The molecular weight excluding hydrogens is 288 g/mol. The maximum absolute atomic E-state index is 10.7. The summed E-state index contributed by atoms with van der Waals surface area (Å²) in [5, 5.41) is 18.2. The Morgan fingerprint density at radius 2 is 2.14 bits per heavy atom. The second-order valence-electron chi connectivity index (χ2n) is 4.04. The van der Waals surface area contributed by atoms with Gasteiger partial charge in [0.05, 0.1) is 24.1 Å². The molecule has 0 aliphatic heterocycles. The van der Waals surface area contributed by atoms with Crippen LogP contribution in [0.3, 0.4) is 0 Å². The zero-order valence-corrected chi connectivity index (χ0v) is 12.1. The van der Waals surface area contributed by atoms with Gasteiger partial charge in [-0.25, -0.2) is 4.98 Å². The van der Waals surface area contributed by atoms with Gasteiger partial charge in [-0.15, -0.1) is 0 Å². The van der Waals surface area contributed by atoms with Crippen LogP contribution >= 0.6 is 11.8 Å². The summed E-state index contributed by atoms with van der Waals surface area (Å²) in [7, 11) is 1.57. The van der Waals surface area contributed by atoms with Crippen LogP contribution in [0.4, 0.5) is 0 Å². The fraction of sp³-hybridized carbons (Fsp3) is 0.133. The van der Waals surface area contributed by atoms with Crippen LogP contribution in [0.15, 0.2) is 41.4 Å². The highest BCUT2D eigenvalue weighted by atomic mass is 32.2. The molecule has 1 aromatic carbocycles. The number of carboxylic acids is 1. The predicted octanol–water partition coefficient (Wildman–Crippen LogP) is 2.81. The number of ether oxygens (including phenoxy) is 1. The van der Waals surface area contributed by atoms with Crippen molar-refractivity contribution in [3.63, 3.8) is 0 Å². The molecule has 0 bridgehead atoms. The lowest BCUT2D eigenvalue weighted by atomic mass is 10.1. The maximum Gasteiger partial charge on any atom is 0.313 e. The molecule has 21 heavy (non-hydrogen) atoms. The molecule has 1 N–H and O–H groups in total. The molecule has 0 radical (unpaired) electrons. The summed E-state index contributed by atoms with van der Waals surface area (Å²) in [5.41, 5.74) is 1.79. The van der Waals surface area contributed by atoms with Crippen LogP contribution < -0.4 is 4.74 Å². The first-order valence-corrected chi connectivity index (χ1v) is 7.03. The lowest BCUT2D eigenvalue weighted by molar-refractivity contribution is -0.133. The highest BCUT2D eigenvalue weighted by Crippen LogP contribution is 2.30. The number of nitriles is 1. The summed E-state index contributed by atoms with van der Waals surface area (Å²) in [4.78, 5) is 15.1. The van der Waals surface area contributed by atoms with Crippen LogP contribution in [0.25, 0.3) is 11.3 Å². The summed E-state index contributed by atoms with van der Waals surface area (Å²) in [6, 6.07) is 12.8. The molecule has 6 heteroatoms. The molecule has 0 aliphatic rings. The van der Waals surface area contributed by atoms with Crippen molar-refractivity contribution in [3.05, 3.63) is 42.0 Å². The average Bonchev–Trinajstić information content (AvgIpc) is 2.52. The van der Waals surface area contributed by atoms with Crippen LogP contribution in [0, 0.1) is 11.3 Å². The monoisotopic (exact) mass is 300 g/mol. The van der Waals surface area contributed by atoms with E-state index in [1.165, 1.54) is 0 Å². The van der Waals surface area contributed by atoms with Crippen molar-refractivity contribution < 1.29 is 14.6 Å². The molecule has 5 nitrogen and oxygen atoms in total. The number of benzene rings is 1. The van der Waals surface area contributed by atoms with Gasteiger partial charge >= 0.3 is 5.97 Å². The van der Waals surface area contributed by atoms with Crippen LogP contribution in [-0.4, -0.2) is 28.9 Å². The summed E-state index contributed by atoms with van der Waals surface area (Å²) in [5.74, 6) is -0.422. The quantitative estimate of drug-likeness (QED) is 0.855. The standard InChI is InChI=1S/C15H12N2O3S/c1-20-13-5-3-2-4-11(13)12-7-6-10(8-16)15(17-12)21-9-14(18)19/h2-7H,9H2,1H3,(H,18,19). The number of aliphatic carboxylic acids is 1. The third kappa shape index (κ3) is 3.52. The van der Waals surface area contributed by atoms with Gasteiger partial charge in [-0.1, -0.05) is 23.9 Å². The van der Waals surface area contributed by atoms with Gasteiger partial charge in [-0.2, -0.15) is 5.26 Å². The lowest BCUT2D eigenvalue weighted by Crippen LogP contribution is -2.00. The molecule has 0 saturated carbocycles. The van der Waals surface area contributed by atoms with Crippen molar-refractivity contribution >= 4 is 17.7 Å². The third-order valence-electron chi connectivity index (χ3n) is 2.70. The Morgan fingerprint density at radius 1 is 1.38 bits per heavy atom. The Bertz CT molecular complexity index is 710. The number of hydrogen-bond donors (Lipinski definition) is 1. The van der Waals surface area contributed by atoms with E-state index in [1.54, 1.807) is 19.2 Å². The molecule has 0 amide bonds. The average molecular weight is 300 g/mol. The van der Waals surface area contributed by atoms with Crippen molar-refractivity contribution in [2.75, 3.05) is 12.9 Å². The van der Waals surface area contributed by atoms with E-state index in [1.807, 2.05) is 30.3 Å². The normalized spacial score (nSPS) is 9.90. The predicted molar refractivity (Wildman–Crippen MR) is 79.3 cm³/mol. The van der Waals surface area contributed by atoms with Gasteiger partial charge in [-0.05, 0) is 24.3 Å². The molecule has 1 heterocycles. The zero-order valence-electron chi connectivity index (χ0n) is 11.2. The minimum Gasteiger partial charge on any atom is -0.496 e. The fourth-order valence-corrected chi connectivity index (χ4v) is 2.46. The largest absolute Gasteiger partial charge is 0.496 e. The van der Waals surface area contributed by atoms with E-state index in [0.717, 1.165) is 17.3 Å². The first kappa shape index (κ1) is 14.9. The number of carbonyl (C=O) groups is 1. The van der Waals surface area contributed by atoms with Crippen molar-refractivity contribution in [2.24, 2.45) is 0 Å². The van der Waals surface area contributed by atoms with Crippen LogP contribution in [0.5, 0.6) is 5.75 Å². The van der Waals surface area contributed by atoms with Crippen LogP contribution in [0.1, 0.15) is 5.56 Å². The number of thioether (sulfide) groups is 1. The second-order valence-corrected chi connectivity index (χ2v) is 5.01. The van der Waals surface area contributed by atoms with Gasteiger partial charge in [0.15, 0.2) is 0 Å². The van der Waals surface area contributed by atoms with Crippen molar-refractivity contribution in [3.8, 4) is 23.1 Å². The number of para-hydroxylation sites is 1. The number of pyridine rings is 1. The smallest absolute Gasteiger partial charge is 0.313 e. The highest BCUT2D eigenvalue weighted by molar-refractivity contribution is 7.99. The molecule has 0 spiro atoms. The van der Waals surface area contributed by atoms with Gasteiger partial charge in [0.1, 0.15) is 16.8 Å². The van der Waals surface area contributed by atoms with E-state index in [0.29, 0.717) is 22.0 Å². The number of aromatic nitrogens is 1. The van der Waals surface area contributed by atoms with Crippen LogP contribution in [0.2, 0.25) is 0 Å². The molecule has 0 atom stereocenters. The highest BCUT2D eigenvalue weighted by Gasteiger charge is 2.12. The topological polar surface area (TPSA) is 83.2 Å². The van der Waals surface area contributed by atoms with E-state index in [9.17, 15) is 4.79 Å². The van der Waals surface area contributed by atoms with Crippen molar-refractivity contribution in [2.45, 2.75) is 5.03 Å². The molecule has 0 fully saturated rings. The summed E-state index contributed by atoms with van der Waals surface area (Å²) in [6.07, 6.45) is 0. The van der Waals surface area contributed by atoms with Gasteiger partial charge in [0, 0.05) is 5.56 Å². The molecule has 2 aromatic rings. The maximum atomic E-state index is 10.7. The summed E-state index contributed by atoms with van der Waals surface area (Å²) in [6.45, 7) is 0. The van der Waals surface area contributed by atoms with Gasteiger partial charge in [0.25, 0.3) is 0 Å². The first-order valence-electron chi connectivity index (χ1n) is 6.05. The Balaban J connectivity index is 2.44. The van der Waals surface area contributed by atoms with Gasteiger partial charge < -0.3 is 9.84 Å². The number of nitrogens with zero attached hydrogens (tertiary/aromatic N) is 2. The van der Waals surface area contributed by atoms with E-state index < -0.39 is 5.97 Å². The Kier molecular flexibility index (Phi) is 4.80. The molecule has 1 aromatic heterocycles. The minimum atomic E-state index is -0.951. The Hall–Kier alpha value is -2.52. The zero-order chi connectivity index (χ0) is 15.2. The molecule has 0 unspecified atom stereocenters. The SMILES string of the molecule is COc1ccccc1-c1ccc(C#N)c(SCC(=O)O)n1. The molecule has 2 rings (SSSR count). The number of methoxy groups -OCH3 is 1. The summed E-state index contributed by atoms with van der Waals surface area (Å²) >= 11 is 1.03. The number of rotatable bonds is 5. The fourth-order valence-electron chi connectivity index (χ4n) is 1.77. The minimum absolute atomic E-state index is 0.142. The van der Waals surface area contributed by atoms with E-state index in [2.05, 4.69) is 4.98 Å². The first-order chi connectivity index (χ1) is 10.2. The molecule has 106 valence electrons. The van der Waals surface area contributed by atoms with E-state index in [4.69, 9.17) is 15.1 Å². The third-order valence-corrected chi connectivity index (χ3v) is 3.67. The Labute approximate surface area is 126 Å². The lowest BCUT2D eigenvalue weighted by Gasteiger charge is -2.09. The van der Waals surface area contributed by atoms with Crippen LogP contribution in [-0.2, 0) is 4.79 Å². The number of carboxylic acid groups (broad SMARTS) is 1. The van der Waals surface area contributed by atoms with Gasteiger partial charge in [0.2, 0.25) is 0 Å². The summed E-state index contributed by atoms with van der Waals surface area (Å²) < 4.78 is 5.29. The van der Waals surface area contributed by atoms with Crippen molar-refractivity contribution in [1.82, 2.24) is 4.98 Å². The second kappa shape index (κ2) is 6.77.